The maximum atomic E-state index is 13.1. The smallest absolute Gasteiger partial charge is 0.252 e. The molecule has 3 atom stereocenters. The average Bonchev–Trinajstić information content (AvgIpc) is 3.36. The molecule has 140 valence electrons. The van der Waals surface area contributed by atoms with Gasteiger partial charge in [0.25, 0.3) is 5.91 Å². The number of amides is 1. The third-order valence-corrected chi connectivity index (χ3v) is 5.51. The van der Waals surface area contributed by atoms with Crippen molar-refractivity contribution < 1.29 is 9.53 Å². The van der Waals surface area contributed by atoms with E-state index in [1.165, 1.54) is 16.3 Å². The zero-order chi connectivity index (χ0) is 17.4. The van der Waals surface area contributed by atoms with Crippen LogP contribution in [0.25, 0.3) is 10.8 Å². The second-order valence-electron chi connectivity index (χ2n) is 7.32. The summed E-state index contributed by atoms with van der Waals surface area (Å²) >= 11 is 0. The van der Waals surface area contributed by atoms with Crippen molar-refractivity contribution in [2.75, 3.05) is 6.54 Å². The molecule has 2 N–H and O–H groups in total. The highest BCUT2D eigenvalue weighted by atomic mass is 35.5. The average molecular weight is 375 g/mol. The van der Waals surface area contributed by atoms with E-state index in [9.17, 15) is 4.79 Å². The first-order valence-electron chi connectivity index (χ1n) is 9.34. The molecule has 1 heterocycles. The van der Waals surface area contributed by atoms with E-state index in [1.54, 1.807) is 0 Å². The van der Waals surface area contributed by atoms with Crippen molar-refractivity contribution in [3.63, 3.8) is 0 Å². The Balaban J connectivity index is 0.00000196. The van der Waals surface area contributed by atoms with Crippen molar-refractivity contribution in [1.29, 1.82) is 0 Å². The molecule has 1 aliphatic heterocycles. The molecule has 0 aromatic heterocycles. The molecule has 1 saturated heterocycles. The zero-order valence-electron chi connectivity index (χ0n) is 15.1. The minimum absolute atomic E-state index is 0. The summed E-state index contributed by atoms with van der Waals surface area (Å²) in [5.41, 5.74) is 6.89. The second-order valence-corrected chi connectivity index (χ2v) is 7.32. The highest BCUT2D eigenvalue weighted by Crippen LogP contribution is 2.37. The molecule has 1 aliphatic carbocycles. The Bertz CT molecular complexity index is 777. The lowest BCUT2D eigenvalue weighted by Crippen LogP contribution is -2.42. The van der Waals surface area contributed by atoms with E-state index < -0.39 is 0 Å². The van der Waals surface area contributed by atoms with Crippen LogP contribution in [-0.4, -0.2) is 35.6 Å². The Kier molecular flexibility index (Phi) is 5.86. The Morgan fingerprint density at radius 3 is 2.54 bits per heavy atom. The molecule has 0 bridgehead atoms. The van der Waals surface area contributed by atoms with Gasteiger partial charge in [-0.1, -0.05) is 36.4 Å². The van der Waals surface area contributed by atoms with Gasteiger partial charge in [-0.05, 0) is 55.0 Å². The van der Waals surface area contributed by atoms with Crippen molar-refractivity contribution in [1.82, 2.24) is 4.90 Å². The summed E-state index contributed by atoms with van der Waals surface area (Å²) in [6.07, 6.45) is 3.57. The van der Waals surface area contributed by atoms with Crippen LogP contribution in [0.3, 0.4) is 0 Å². The SMILES string of the molecule is CC(c1ccc2ccccc2c1)N(C(=O)[C@@H]1CC[C@H](CN)O1)C1CC1.Cl. The molecule has 0 radical (unpaired) electrons. The van der Waals surface area contributed by atoms with Crippen LogP contribution in [0.1, 0.15) is 44.2 Å². The summed E-state index contributed by atoms with van der Waals surface area (Å²) in [6, 6.07) is 15.3. The minimum Gasteiger partial charge on any atom is -0.364 e. The summed E-state index contributed by atoms with van der Waals surface area (Å²) in [4.78, 5) is 15.2. The van der Waals surface area contributed by atoms with Crippen LogP contribution >= 0.6 is 12.4 Å². The zero-order valence-corrected chi connectivity index (χ0v) is 16.0. The summed E-state index contributed by atoms with van der Waals surface area (Å²) in [5.74, 6) is 0.138. The Morgan fingerprint density at radius 1 is 1.15 bits per heavy atom. The molecule has 1 unspecified atom stereocenters. The van der Waals surface area contributed by atoms with E-state index in [1.807, 2.05) is 0 Å². The van der Waals surface area contributed by atoms with Gasteiger partial charge in [-0.3, -0.25) is 4.79 Å². The first-order valence-corrected chi connectivity index (χ1v) is 9.34. The van der Waals surface area contributed by atoms with Crippen molar-refractivity contribution in [2.45, 2.75) is 56.9 Å². The van der Waals surface area contributed by atoms with Gasteiger partial charge in [-0.2, -0.15) is 0 Å². The van der Waals surface area contributed by atoms with Crippen LogP contribution in [0.2, 0.25) is 0 Å². The first kappa shape index (κ1) is 19.2. The fourth-order valence-electron chi connectivity index (χ4n) is 3.90. The standard InChI is InChI=1S/C21H26N2O2.ClH/c1-14(16-7-6-15-4-2-3-5-17(15)12-16)23(18-8-9-18)21(24)20-11-10-19(13-22)25-20;/h2-7,12,14,18-20H,8-11,13,22H2,1H3;1H/t14?,19-,20+;/m1./s1. The van der Waals surface area contributed by atoms with Crippen molar-refractivity contribution >= 4 is 29.1 Å². The second kappa shape index (κ2) is 7.95. The van der Waals surface area contributed by atoms with E-state index in [0.717, 1.165) is 25.7 Å². The predicted molar refractivity (Wildman–Crippen MR) is 106 cm³/mol. The predicted octanol–water partition coefficient (Wildman–Crippen LogP) is 3.82. The van der Waals surface area contributed by atoms with Crippen LogP contribution in [-0.2, 0) is 9.53 Å². The summed E-state index contributed by atoms with van der Waals surface area (Å²) in [6.45, 7) is 2.63. The Morgan fingerprint density at radius 2 is 1.88 bits per heavy atom. The van der Waals surface area contributed by atoms with Gasteiger partial charge in [0.2, 0.25) is 0 Å². The number of hydrogen-bond acceptors (Lipinski definition) is 3. The largest absolute Gasteiger partial charge is 0.364 e. The van der Waals surface area contributed by atoms with Gasteiger partial charge in [0.15, 0.2) is 0 Å². The van der Waals surface area contributed by atoms with Gasteiger partial charge < -0.3 is 15.4 Å². The van der Waals surface area contributed by atoms with E-state index in [-0.39, 0.29) is 36.6 Å². The number of carbonyl (C=O) groups excluding carboxylic acids is 1. The van der Waals surface area contributed by atoms with Crippen LogP contribution in [0.4, 0.5) is 0 Å². The molecular formula is C21H27ClN2O2. The lowest BCUT2D eigenvalue weighted by molar-refractivity contribution is -0.145. The highest BCUT2D eigenvalue weighted by Gasteiger charge is 2.41. The molecule has 4 rings (SSSR count). The maximum absolute atomic E-state index is 13.1. The Labute approximate surface area is 161 Å². The molecule has 5 heteroatoms. The van der Waals surface area contributed by atoms with E-state index >= 15 is 0 Å². The number of halogens is 1. The number of rotatable bonds is 5. The topological polar surface area (TPSA) is 55.6 Å². The van der Waals surface area contributed by atoms with Gasteiger partial charge >= 0.3 is 0 Å². The van der Waals surface area contributed by atoms with Crippen molar-refractivity contribution in [2.24, 2.45) is 5.73 Å². The summed E-state index contributed by atoms with van der Waals surface area (Å²) < 4.78 is 5.87. The lowest BCUT2D eigenvalue weighted by atomic mass is 10.0. The van der Waals surface area contributed by atoms with Crippen molar-refractivity contribution in [3.8, 4) is 0 Å². The molecule has 2 aromatic rings. The molecule has 4 nitrogen and oxygen atoms in total. The van der Waals surface area contributed by atoms with E-state index in [2.05, 4.69) is 54.3 Å². The molecule has 26 heavy (non-hydrogen) atoms. The molecule has 2 aliphatic rings. The monoisotopic (exact) mass is 374 g/mol. The third-order valence-electron chi connectivity index (χ3n) is 5.51. The maximum Gasteiger partial charge on any atom is 0.252 e. The Hall–Kier alpha value is -1.62. The molecular weight excluding hydrogens is 348 g/mol. The van der Waals surface area contributed by atoms with Gasteiger partial charge in [0, 0.05) is 12.6 Å². The van der Waals surface area contributed by atoms with Gasteiger partial charge in [-0.15, -0.1) is 12.4 Å². The number of nitrogens with zero attached hydrogens (tertiary/aromatic N) is 1. The third kappa shape index (κ3) is 3.73. The van der Waals surface area contributed by atoms with Crippen LogP contribution < -0.4 is 5.73 Å². The van der Waals surface area contributed by atoms with Gasteiger partial charge in [0.1, 0.15) is 6.10 Å². The van der Waals surface area contributed by atoms with Gasteiger partial charge in [-0.25, -0.2) is 0 Å². The summed E-state index contributed by atoms with van der Waals surface area (Å²) in [5, 5.41) is 2.45. The normalized spacial score (nSPS) is 23.5. The number of ether oxygens (including phenoxy) is 1. The molecule has 0 spiro atoms. The number of benzene rings is 2. The van der Waals surface area contributed by atoms with Crippen LogP contribution in [0.15, 0.2) is 42.5 Å². The van der Waals surface area contributed by atoms with Crippen LogP contribution in [0.5, 0.6) is 0 Å². The minimum atomic E-state index is -0.322. The lowest BCUT2D eigenvalue weighted by Gasteiger charge is -2.32. The van der Waals surface area contributed by atoms with E-state index in [0.29, 0.717) is 12.6 Å². The summed E-state index contributed by atoms with van der Waals surface area (Å²) in [7, 11) is 0. The fourth-order valence-corrected chi connectivity index (χ4v) is 3.90. The first-order chi connectivity index (χ1) is 12.2. The van der Waals surface area contributed by atoms with Gasteiger partial charge in [0.05, 0.1) is 12.1 Å². The molecule has 2 fully saturated rings. The van der Waals surface area contributed by atoms with Crippen LogP contribution in [0, 0.1) is 0 Å². The molecule has 2 aromatic carbocycles. The fraction of sp³-hybridized carbons (Fsp3) is 0.476. The van der Waals surface area contributed by atoms with Crippen molar-refractivity contribution in [3.05, 3.63) is 48.0 Å². The highest BCUT2D eigenvalue weighted by molar-refractivity contribution is 5.85. The molecule has 1 saturated carbocycles. The number of nitrogens with two attached hydrogens (primary N) is 1. The van der Waals surface area contributed by atoms with E-state index in [4.69, 9.17) is 10.5 Å². The number of carbonyl (C=O) groups is 1. The number of fused-ring (bicyclic) bond motifs is 1. The molecule has 1 amide bonds. The number of hydrogen-bond donors (Lipinski definition) is 1. The quantitative estimate of drug-likeness (QED) is 0.865.